The first-order chi connectivity index (χ1) is 13.9. The van der Waals surface area contributed by atoms with Crippen molar-refractivity contribution in [3.05, 3.63) is 66.4 Å². The molecule has 2 atom stereocenters. The second kappa shape index (κ2) is 9.05. The zero-order valence-electron chi connectivity index (χ0n) is 16.4. The highest BCUT2D eigenvalue weighted by molar-refractivity contribution is 5.98. The van der Waals surface area contributed by atoms with E-state index in [2.05, 4.69) is 20.9 Å². The molecule has 29 heavy (non-hydrogen) atoms. The molecule has 0 spiro atoms. The second-order valence-electron chi connectivity index (χ2n) is 6.90. The first-order valence-electron chi connectivity index (χ1n) is 9.42. The minimum absolute atomic E-state index is 0.308. The largest absolute Gasteiger partial charge is 0.361 e. The van der Waals surface area contributed by atoms with Gasteiger partial charge in [-0.3, -0.25) is 14.4 Å². The topological polar surface area (TPSA) is 103 Å². The Morgan fingerprint density at radius 1 is 0.931 bits per heavy atom. The van der Waals surface area contributed by atoms with Crippen LogP contribution in [0, 0.1) is 0 Å². The van der Waals surface area contributed by atoms with Crippen molar-refractivity contribution >= 4 is 34.3 Å². The number of aromatic amines is 1. The van der Waals surface area contributed by atoms with Gasteiger partial charge < -0.3 is 20.9 Å². The maximum absolute atomic E-state index is 12.8. The lowest BCUT2D eigenvalue weighted by molar-refractivity contribution is -0.130. The quantitative estimate of drug-likeness (QED) is 0.496. The lowest BCUT2D eigenvalue weighted by atomic mass is 10.0. The number of fused-ring (bicyclic) bond motifs is 1. The Morgan fingerprint density at radius 2 is 1.62 bits per heavy atom. The van der Waals surface area contributed by atoms with Crippen LogP contribution in [0.3, 0.4) is 0 Å². The van der Waals surface area contributed by atoms with Gasteiger partial charge in [0.2, 0.25) is 17.7 Å². The maximum Gasteiger partial charge on any atom is 0.246 e. The van der Waals surface area contributed by atoms with Gasteiger partial charge in [-0.2, -0.15) is 0 Å². The molecule has 0 saturated carbocycles. The summed E-state index contributed by atoms with van der Waals surface area (Å²) in [5.74, 6) is -1.06. The molecular weight excluding hydrogens is 368 g/mol. The summed E-state index contributed by atoms with van der Waals surface area (Å²) in [6.45, 7) is 2.97. The van der Waals surface area contributed by atoms with Crippen LogP contribution in [0.25, 0.3) is 10.9 Å². The standard InChI is InChI=1S/C22H24N4O3/c1-14(21(28)26-17-8-4-3-5-9-17)24-22(29)20(25-15(2)27)12-16-13-23-19-11-7-6-10-18(16)19/h3-11,13-14,20,23H,12H2,1-2H3,(H,24,29)(H,25,27)(H,26,28). The smallest absolute Gasteiger partial charge is 0.246 e. The van der Waals surface area contributed by atoms with Gasteiger partial charge in [0.1, 0.15) is 12.1 Å². The molecule has 4 N–H and O–H groups in total. The predicted molar refractivity (Wildman–Crippen MR) is 112 cm³/mol. The molecule has 1 heterocycles. The van der Waals surface area contributed by atoms with E-state index in [1.807, 2.05) is 48.7 Å². The van der Waals surface area contributed by atoms with E-state index >= 15 is 0 Å². The Hall–Kier alpha value is -3.61. The van der Waals surface area contributed by atoms with E-state index in [1.165, 1.54) is 6.92 Å². The lowest BCUT2D eigenvalue weighted by Gasteiger charge is -2.20. The molecule has 1 aromatic heterocycles. The zero-order valence-corrected chi connectivity index (χ0v) is 16.4. The minimum Gasteiger partial charge on any atom is -0.361 e. The Kier molecular flexibility index (Phi) is 6.29. The number of para-hydroxylation sites is 2. The van der Waals surface area contributed by atoms with E-state index < -0.39 is 18.0 Å². The predicted octanol–water partition coefficient (Wildman–Crippen LogP) is 2.36. The summed E-state index contributed by atoms with van der Waals surface area (Å²) in [7, 11) is 0. The highest BCUT2D eigenvalue weighted by atomic mass is 16.2. The van der Waals surface area contributed by atoms with Crippen LogP contribution in [0.1, 0.15) is 19.4 Å². The SMILES string of the molecule is CC(=O)NC(Cc1c[nH]c2ccccc12)C(=O)NC(C)C(=O)Nc1ccccc1. The third-order valence-corrected chi connectivity index (χ3v) is 4.59. The van der Waals surface area contributed by atoms with Gasteiger partial charge in [0, 0.05) is 36.1 Å². The van der Waals surface area contributed by atoms with Crippen molar-refractivity contribution in [3.8, 4) is 0 Å². The fraction of sp³-hybridized carbons (Fsp3) is 0.227. The Morgan fingerprint density at radius 3 is 2.34 bits per heavy atom. The fourth-order valence-corrected chi connectivity index (χ4v) is 3.13. The van der Waals surface area contributed by atoms with Crippen LogP contribution in [0.4, 0.5) is 5.69 Å². The molecule has 7 heteroatoms. The van der Waals surface area contributed by atoms with Crippen molar-refractivity contribution in [1.29, 1.82) is 0 Å². The minimum atomic E-state index is -0.793. The van der Waals surface area contributed by atoms with Gasteiger partial charge >= 0.3 is 0 Å². The molecule has 0 aliphatic heterocycles. The van der Waals surface area contributed by atoms with Crippen molar-refractivity contribution in [3.63, 3.8) is 0 Å². The van der Waals surface area contributed by atoms with E-state index in [-0.39, 0.29) is 11.8 Å². The molecule has 2 aromatic carbocycles. The van der Waals surface area contributed by atoms with E-state index in [9.17, 15) is 14.4 Å². The van der Waals surface area contributed by atoms with Crippen molar-refractivity contribution in [2.24, 2.45) is 0 Å². The number of H-pyrrole nitrogens is 1. The molecule has 3 amide bonds. The van der Waals surface area contributed by atoms with Crippen LogP contribution in [0.15, 0.2) is 60.8 Å². The van der Waals surface area contributed by atoms with Crippen molar-refractivity contribution < 1.29 is 14.4 Å². The normalized spacial score (nSPS) is 12.8. The fourth-order valence-electron chi connectivity index (χ4n) is 3.13. The lowest BCUT2D eigenvalue weighted by Crippen LogP contribution is -2.52. The number of rotatable bonds is 7. The molecular formula is C22H24N4O3. The van der Waals surface area contributed by atoms with Gasteiger partial charge in [0.15, 0.2) is 0 Å². The summed E-state index contributed by atoms with van der Waals surface area (Å²) < 4.78 is 0. The molecule has 0 saturated heterocycles. The highest BCUT2D eigenvalue weighted by Gasteiger charge is 2.25. The zero-order chi connectivity index (χ0) is 20.8. The number of hydrogen-bond donors (Lipinski definition) is 4. The van der Waals surface area contributed by atoms with Crippen molar-refractivity contribution in [1.82, 2.24) is 15.6 Å². The average Bonchev–Trinajstić information content (AvgIpc) is 3.11. The number of carbonyl (C=O) groups excluding carboxylic acids is 3. The third kappa shape index (κ3) is 5.22. The summed E-state index contributed by atoms with van der Waals surface area (Å²) in [5, 5.41) is 9.11. The summed E-state index contributed by atoms with van der Waals surface area (Å²) in [6.07, 6.45) is 2.14. The first-order valence-corrected chi connectivity index (χ1v) is 9.42. The monoisotopic (exact) mass is 392 g/mol. The van der Waals surface area contributed by atoms with Gasteiger partial charge in [0.05, 0.1) is 0 Å². The maximum atomic E-state index is 12.8. The van der Waals surface area contributed by atoms with Crippen LogP contribution in [0.2, 0.25) is 0 Å². The molecule has 150 valence electrons. The average molecular weight is 392 g/mol. The molecule has 3 rings (SSSR count). The number of hydrogen-bond acceptors (Lipinski definition) is 3. The van der Waals surface area contributed by atoms with E-state index in [0.29, 0.717) is 12.1 Å². The number of nitrogens with one attached hydrogen (secondary N) is 4. The molecule has 3 aromatic rings. The van der Waals surface area contributed by atoms with Crippen LogP contribution in [0.5, 0.6) is 0 Å². The van der Waals surface area contributed by atoms with E-state index in [4.69, 9.17) is 0 Å². The Bertz CT molecular complexity index is 1010. The summed E-state index contributed by atoms with van der Waals surface area (Å²) in [5.41, 5.74) is 2.52. The van der Waals surface area contributed by atoms with Crippen LogP contribution in [-0.2, 0) is 20.8 Å². The summed E-state index contributed by atoms with van der Waals surface area (Å²) in [6, 6.07) is 15.2. The summed E-state index contributed by atoms with van der Waals surface area (Å²) >= 11 is 0. The van der Waals surface area contributed by atoms with Crippen LogP contribution in [-0.4, -0.2) is 34.8 Å². The third-order valence-electron chi connectivity index (χ3n) is 4.59. The Labute approximate surface area is 168 Å². The van der Waals surface area contributed by atoms with Gasteiger partial charge in [0.25, 0.3) is 0 Å². The van der Waals surface area contributed by atoms with E-state index in [0.717, 1.165) is 16.5 Å². The number of carbonyl (C=O) groups is 3. The van der Waals surface area contributed by atoms with Crippen LogP contribution >= 0.6 is 0 Å². The molecule has 0 fully saturated rings. The van der Waals surface area contributed by atoms with Gasteiger partial charge in [-0.05, 0) is 30.7 Å². The van der Waals surface area contributed by atoms with E-state index in [1.54, 1.807) is 19.1 Å². The summed E-state index contributed by atoms with van der Waals surface area (Å²) in [4.78, 5) is 40.0. The molecule has 7 nitrogen and oxygen atoms in total. The number of benzene rings is 2. The second-order valence-corrected chi connectivity index (χ2v) is 6.90. The van der Waals surface area contributed by atoms with Crippen molar-refractivity contribution in [2.45, 2.75) is 32.4 Å². The van der Waals surface area contributed by atoms with Crippen LogP contribution < -0.4 is 16.0 Å². The Balaban J connectivity index is 1.68. The van der Waals surface area contributed by atoms with Gasteiger partial charge in [-0.25, -0.2) is 0 Å². The number of amides is 3. The highest BCUT2D eigenvalue weighted by Crippen LogP contribution is 2.19. The number of anilines is 1. The first kappa shape index (κ1) is 20.1. The molecule has 2 unspecified atom stereocenters. The molecule has 0 bridgehead atoms. The number of aromatic nitrogens is 1. The molecule has 0 aliphatic rings. The molecule has 0 aliphatic carbocycles. The van der Waals surface area contributed by atoms with Gasteiger partial charge in [-0.1, -0.05) is 36.4 Å². The molecule has 0 radical (unpaired) electrons. The van der Waals surface area contributed by atoms with Crippen molar-refractivity contribution in [2.75, 3.05) is 5.32 Å². The van der Waals surface area contributed by atoms with Gasteiger partial charge in [-0.15, -0.1) is 0 Å².